The first-order valence-electron chi connectivity index (χ1n) is 5.68. The fourth-order valence-corrected chi connectivity index (χ4v) is 1.08. The number of rotatable bonds is 8. The highest BCUT2D eigenvalue weighted by molar-refractivity contribution is 6.40. The summed E-state index contributed by atoms with van der Waals surface area (Å²) in [5.41, 5.74) is 1.89. The molecule has 100 valence electrons. The van der Waals surface area contributed by atoms with Gasteiger partial charge in [-0.3, -0.25) is 9.59 Å². The summed E-state index contributed by atoms with van der Waals surface area (Å²) in [5, 5.41) is 36.3. The third-order valence-corrected chi connectivity index (χ3v) is 2.37. The minimum atomic E-state index is -2.13. The van der Waals surface area contributed by atoms with E-state index in [2.05, 4.69) is 0 Å². The highest BCUT2D eigenvalue weighted by Crippen LogP contribution is 2.06. The maximum Gasteiger partial charge on any atom is 0.231 e. The molecule has 7 nitrogen and oxygen atoms in total. The molecule has 0 fully saturated rings. The largest absolute Gasteiger partial charge is 0.394 e. The van der Waals surface area contributed by atoms with Crippen LogP contribution in [-0.2, 0) is 9.59 Å². The molecule has 7 heteroatoms. The Morgan fingerprint density at radius 1 is 1.24 bits per heavy atom. The van der Waals surface area contributed by atoms with Gasteiger partial charge in [-0.1, -0.05) is 13.8 Å². The number of hydrogen-bond donors (Lipinski definition) is 5. The van der Waals surface area contributed by atoms with Crippen LogP contribution in [0.25, 0.3) is 0 Å². The van der Waals surface area contributed by atoms with Crippen molar-refractivity contribution in [3.05, 3.63) is 0 Å². The molecular weight excluding hydrogens is 230 g/mol. The average molecular weight is 250 g/mol. The molecule has 0 amide bonds. The van der Waals surface area contributed by atoms with Gasteiger partial charge >= 0.3 is 0 Å². The molecule has 0 aromatic rings. The Morgan fingerprint density at radius 3 is 2.12 bits per heavy atom. The van der Waals surface area contributed by atoms with Crippen LogP contribution in [0.1, 0.15) is 13.8 Å². The summed E-state index contributed by atoms with van der Waals surface area (Å²) in [6, 6.07) is -1.11. The second kappa shape index (κ2) is 6.77. The van der Waals surface area contributed by atoms with Gasteiger partial charge in [0.15, 0.2) is 0 Å². The molecule has 0 aliphatic carbocycles. The lowest BCUT2D eigenvalue weighted by atomic mass is 9.93. The van der Waals surface area contributed by atoms with Crippen molar-refractivity contribution >= 4 is 11.6 Å². The molecule has 0 aliphatic heterocycles. The molecule has 0 aliphatic rings. The monoisotopic (exact) mass is 250 g/mol. The Balaban J connectivity index is 4.78. The molecule has 0 saturated carbocycles. The summed E-state index contributed by atoms with van der Waals surface area (Å²) in [7, 11) is 0. The molecule has 0 rings (SSSR count). The number of ketones is 2. The lowest BCUT2D eigenvalue weighted by Gasteiger charge is -2.21. The first-order chi connectivity index (χ1) is 8.27. The van der Waals surface area contributed by atoms with Crippen molar-refractivity contribution in [2.75, 3.05) is 6.61 Å². The number of hydrogen-bond acceptors (Lipinski definition) is 7. The Labute approximate surface area is 100 Å². The van der Waals surface area contributed by atoms with E-state index in [0.29, 0.717) is 0 Å². The van der Waals surface area contributed by atoms with Crippen molar-refractivity contribution in [3.63, 3.8) is 0 Å². The number of carbonyl (C=O) groups is 2. The van der Waals surface area contributed by atoms with Crippen molar-refractivity contribution in [1.29, 1.82) is 0 Å². The molecule has 0 bridgehead atoms. The molecule has 0 aromatic carbocycles. The molecule has 6 N–H and O–H groups in total. The topological polar surface area (TPSA) is 141 Å². The first kappa shape index (κ1) is 14.2. The summed E-state index contributed by atoms with van der Waals surface area (Å²) < 4.78 is 6.93. The van der Waals surface area contributed by atoms with Gasteiger partial charge in [-0.2, -0.15) is 0 Å². The van der Waals surface area contributed by atoms with Crippen LogP contribution in [-0.4, -0.2) is 63.0 Å². The second-order valence-electron chi connectivity index (χ2n) is 4.14. The van der Waals surface area contributed by atoms with Crippen LogP contribution in [0, 0.1) is 5.92 Å². The zero-order valence-corrected chi connectivity index (χ0v) is 9.70. The zero-order chi connectivity index (χ0) is 14.5. The number of carbonyl (C=O) groups excluding carboxylic acids is 2. The van der Waals surface area contributed by atoms with E-state index in [1.165, 1.54) is 0 Å². The molecular formula is C10H19NO6. The third kappa shape index (κ3) is 4.14. The Kier molecular flexibility index (Phi) is 5.66. The number of Topliss-reactive ketones (excluding diaryl/α,β-unsaturated/α-hetero) is 2. The van der Waals surface area contributed by atoms with Crippen LogP contribution in [0.3, 0.4) is 0 Å². The molecule has 0 radical (unpaired) electrons. The smallest absolute Gasteiger partial charge is 0.231 e. The van der Waals surface area contributed by atoms with Gasteiger partial charge < -0.3 is 26.2 Å². The van der Waals surface area contributed by atoms with E-state index >= 15 is 0 Å². The Morgan fingerprint density at radius 2 is 1.76 bits per heavy atom. The van der Waals surface area contributed by atoms with Gasteiger partial charge in [-0.15, -0.1) is 0 Å². The van der Waals surface area contributed by atoms with Crippen LogP contribution >= 0.6 is 0 Å². The van der Waals surface area contributed by atoms with E-state index in [9.17, 15) is 19.8 Å². The van der Waals surface area contributed by atoms with E-state index < -0.39 is 42.5 Å². The highest BCUT2D eigenvalue weighted by atomic mass is 16.4. The summed E-state index contributed by atoms with van der Waals surface area (Å²) >= 11 is 0. The predicted molar refractivity (Wildman–Crippen MR) is 57.9 cm³/mol. The van der Waals surface area contributed by atoms with E-state index in [1.54, 1.807) is 13.8 Å². The minimum Gasteiger partial charge on any atom is -0.394 e. The standard InChI is InChI=1S/C10H19NO6/c1-4(2)6(11)8(15)10(17)9(16)7(14)5(13)3-12/h4-7,9,12-14,16H,3,11H2,1-2H3/t5-,6+,7-,9-/m1/s1/i/hD. The summed E-state index contributed by atoms with van der Waals surface area (Å²) in [4.78, 5) is 23.2. The molecule has 0 spiro atoms. The predicted octanol–water partition coefficient (Wildman–Crippen LogP) is -2.82. The van der Waals surface area contributed by atoms with E-state index in [4.69, 9.17) is 11.6 Å². The van der Waals surface area contributed by atoms with E-state index in [0.717, 1.165) is 0 Å². The average Bonchev–Trinajstić information content (AvgIpc) is 2.35. The lowest BCUT2D eigenvalue weighted by molar-refractivity contribution is -0.150. The molecule has 4 atom stereocenters. The lowest BCUT2D eigenvalue weighted by Crippen LogP contribution is -2.50. The molecule has 17 heavy (non-hydrogen) atoms. The van der Waals surface area contributed by atoms with Crippen molar-refractivity contribution in [2.45, 2.75) is 38.2 Å². The molecule has 0 unspecified atom stereocenters. The summed E-state index contributed by atoms with van der Waals surface area (Å²) in [5.74, 6) is -2.73. The highest BCUT2D eigenvalue weighted by Gasteiger charge is 2.36. The van der Waals surface area contributed by atoms with Gasteiger partial charge in [0.1, 0.15) is 19.7 Å². The van der Waals surface area contributed by atoms with Crippen molar-refractivity contribution in [2.24, 2.45) is 11.6 Å². The molecule has 0 heterocycles. The van der Waals surface area contributed by atoms with Gasteiger partial charge in [0.25, 0.3) is 0 Å². The van der Waals surface area contributed by atoms with Crippen LogP contribution in [0.5, 0.6) is 0 Å². The van der Waals surface area contributed by atoms with E-state index in [1.807, 2.05) is 5.73 Å². The zero-order valence-electron chi connectivity index (χ0n) is 10.7. The van der Waals surface area contributed by atoms with E-state index in [-0.39, 0.29) is 5.92 Å². The summed E-state index contributed by atoms with van der Waals surface area (Å²) in [6.07, 6.45) is -5.81. The van der Waals surface area contributed by atoms with Gasteiger partial charge in [0.2, 0.25) is 11.6 Å². The third-order valence-electron chi connectivity index (χ3n) is 2.37. The molecule has 0 aromatic heterocycles. The fourth-order valence-electron chi connectivity index (χ4n) is 1.08. The van der Waals surface area contributed by atoms with Gasteiger partial charge in [0, 0.05) is 0 Å². The molecule has 0 saturated heterocycles. The maximum absolute atomic E-state index is 11.6. The van der Waals surface area contributed by atoms with Crippen LogP contribution in [0.15, 0.2) is 0 Å². The number of nitrogens with two attached hydrogens (primary N) is 1. The van der Waals surface area contributed by atoms with Gasteiger partial charge in [-0.25, -0.2) is 0 Å². The van der Waals surface area contributed by atoms with Gasteiger partial charge in [-0.05, 0) is 5.92 Å². The SMILES string of the molecule is [2H]N[C@H](C(=O)C(=O)[C@H](O)[C@H](O)[C@H](O)CO)C(C)C. The Bertz CT molecular complexity index is 298. The van der Waals surface area contributed by atoms with Crippen molar-refractivity contribution < 1.29 is 31.4 Å². The van der Waals surface area contributed by atoms with Crippen molar-refractivity contribution in [3.8, 4) is 0 Å². The Hall–Kier alpha value is -0.860. The normalized spacial score (nSPS) is 19.4. The number of aliphatic hydroxyl groups excluding tert-OH is 4. The second-order valence-corrected chi connectivity index (χ2v) is 4.14. The van der Waals surface area contributed by atoms with Gasteiger partial charge in [0.05, 0.1) is 12.6 Å². The first-order valence-corrected chi connectivity index (χ1v) is 5.18. The maximum atomic E-state index is 11.6. The van der Waals surface area contributed by atoms with Crippen LogP contribution in [0.4, 0.5) is 0 Å². The fraction of sp³-hybridized carbons (Fsp3) is 0.800. The minimum absolute atomic E-state index is 0.356. The summed E-state index contributed by atoms with van der Waals surface area (Å²) in [6.45, 7) is 2.34. The van der Waals surface area contributed by atoms with Crippen LogP contribution < -0.4 is 5.73 Å². The quantitative estimate of drug-likeness (QED) is 0.293. The van der Waals surface area contributed by atoms with Crippen molar-refractivity contribution in [1.82, 2.24) is 0 Å². The number of aliphatic hydroxyl groups is 4. The van der Waals surface area contributed by atoms with Crippen LogP contribution in [0.2, 0.25) is 1.41 Å².